The average molecular weight is 357 g/mol. The first-order chi connectivity index (χ1) is 12.6. The van der Waals surface area contributed by atoms with E-state index in [1.165, 1.54) is 0 Å². The topological polar surface area (TPSA) is 80.6 Å². The van der Waals surface area contributed by atoms with Crippen LogP contribution < -0.4 is 0 Å². The fraction of sp³-hybridized carbons (Fsp3) is 0.444. The average Bonchev–Trinajstić information content (AvgIpc) is 3.37. The van der Waals surface area contributed by atoms with Crippen molar-refractivity contribution >= 4 is 11.8 Å². The number of hydrogen-bond donors (Lipinski definition) is 0. The van der Waals surface area contributed by atoms with E-state index in [0.717, 1.165) is 12.1 Å². The SMILES string of the molecule is CCOCC(=O)N1CCC(N(C)C(=O)c2ccc(-n3ccnc3)cn2)C1. The zero-order valence-corrected chi connectivity index (χ0v) is 15.0. The maximum Gasteiger partial charge on any atom is 0.272 e. The highest BCUT2D eigenvalue weighted by molar-refractivity contribution is 5.92. The molecule has 0 bridgehead atoms. The van der Waals surface area contributed by atoms with Gasteiger partial charge in [0.15, 0.2) is 0 Å². The Hall–Kier alpha value is -2.74. The minimum atomic E-state index is -0.147. The molecule has 138 valence electrons. The third-order valence-corrected chi connectivity index (χ3v) is 4.58. The molecule has 1 atom stereocenters. The van der Waals surface area contributed by atoms with Crippen LogP contribution in [-0.4, -0.2) is 75.5 Å². The summed E-state index contributed by atoms with van der Waals surface area (Å²) in [6, 6.07) is 3.53. The van der Waals surface area contributed by atoms with E-state index in [2.05, 4.69) is 9.97 Å². The standard InChI is InChI=1S/C18H23N5O3/c1-3-26-12-17(24)22-8-6-15(11-22)21(2)18(25)16-5-4-14(10-20-16)23-9-7-19-13-23/h4-5,7,9-10,13,15H,3,6,8,11-12H2,1-2H3. The quantitative estimate of drug-likeness (QED) is 0.770. The summed E-state index contributed by atoms with van der Waals surface area (Å²) in [4.78, 5) is 36.4. The van der Waals surface area contributed by atoms with E-state index in [4.69, 9.17) is 4.74 Å². The lowest BCUT2D eigenvalue weighted by molar-refractivity contribution is -0.135. The van der Waals surface area contributed by atoms with Crippen molar-refractivity contribution in [2.24, 2.45) is 0 Å². The van der Waals surface area contributed by atoms with Gasteiger partial charge in [-0.1, -0.05) is 0 Å². The summed E-state index contributed by atoms with van der Waals surface area (Å²) in [7, 11) is 1.76. The highest BCUT2D eigenvalue weighted by Gasteiger charge is 2.31. The third-order valence-electron chi connectivity index (χ3n) is 4.58. The molecule has 0 N–H and O–H groups in total. The molecule has 1 aliphatic heterocycles. The van der Waals surface area contributed by atoms with Gasteiger partial charge in [-0.2, -0.15) is 0 Å². The van der Waals surface area contributed by atoms with E-state index in [-0.39, 0.29) is 24.5 Å². The number of hydrogen-bond acceptors (Lipinski definition) is 5. The number of aromatic nitrogens is 3. The zero-order valence-electron chi connectivity index (χ0n) is 15.0. The predicted octanol–water partition coefficient (Wildman–Crippen LogP) is 0.977. The molecule has 26 heavy (non-hydrogen) atoms. The Kier molecular flexibility index (Phi) is 5.62. The van der Waals surface area contributed by atoms with Crippen LogP contribution in [0.15, 0.2) is 37.1 Å². The Labute approximate surface area is 152 Å². The number of nitrogens with zero attached hydrogens (tertiary/aromatic N) is 5. The number of carbonyl (C=O) groups excluding carboxylic acids is 2. The minimum Gasteiger partial charge on any atom is -0.372 e. The lowest BCUT2D eigenvalue weighted by Crippen LogP contribution is -2.41. The Bertz CT molecular complexity index is 745. The van der Waals surface area contributed by atoms with Gasteiger partial charge in [0.2, 0.25) is 5.91 Å². The molecule has 2 aromatic heterocycles. The number of likely N-dealkylation sites (N-methyl/N-ethyl adjacent to an activating group) is 1. The monoisotopic (exact) mass is 357 g/mol. The summed E-state index contributed by atoms with van der Waals surface area (Å²) in [6.07, 6.45) is 7.59. The third kappa shape index (κ3) is 3.91. The van der Waals surface area contributed by atoms with E-state index in [1.807, 2.05) is 23.8 Å². The van der Waals surface area contributed by atoms with Gasteiger partial charge in [-0.3, -0.25) is 9.59 Å². The van der Waals surface area contributed by atoms with Crippen LogP contribution >= 0.6 is 0 Å². The van der Waals surface area contributed by atoms with Crippen LogP contribution in [0.5, 0.6) is 0 Å². The van der Waals surface area contributed by atoms with E-state index in [9.17, 15) is 9.59 Å². The van der Waals surface area contributed by atoms with Gasteiger partial charge in [-0.05, 0) is 25.5 Å². The molecule has 8 heteroatoms. The van der Waals surface area contributed by atoms with E-state index in [1.54, 1.807) is 41.6 Å². The Balaban J connectivity index is 1.60. The molecule has 0 aromatic carbocycles. The lowest BCUT2D eigenvalue weighted by Gasteiger charge is -2.24. The maximum absolute atomic E-state index is 12.7. The van der Waals surface area contributed by atoms with Crippen LogP contribution in [0.25, 0.3) is 5.69 Å². The number of rotatable bonds is 6. The molecular formula is C18H23N5O3. The Morgan fingerprint density at radius 3 is 2.88 bits per heavy atom. The minimum absolute atomic E-state index is 0.0109. The second kappa shape index (κ2) is 8.09. The summed E-state index contributed by atoms with van der Waals surface area (Å²) in [5.41, 5.74) is 1.23. The molecule has 3 rings (SSSR count). The predicted molar refractivity (Wildman–Crippen MR) is 94.9 cm³/mol. The van der Waals surface area contributed by atoms with Gasteiger partial charge in [0.05, 0.1) is 24.3 Å². The van der Waals surface area contributed by atoms with Crippen molar-refractivity contribution in [3.8, 4) is 5.69 Å². The van der Waals surface area contributed by atoms with Crippen molar-refractivity contribution in [3.63, 3.8) is 0 Å². The highest BCUT2D eigenvalue weighted by atomic mass is 16.5. The number of amides is 2. The fourth-order valence-electron chi connectivity index (χ4n) is 2.99. The summed E-state index contributed by atoms with van der Waals surface area (Å²) < 4.78 is 7.00. The number of likely N-dealkylation sites (tertiary alicyclic amines) is 1. The first-order valence-corrected chi connectivity index (χ1v) is 8.67. The number of ether oxygens (including phenoxy) is 1. The molecule has 3 heterocycles. The second-order valence-electron chi connectivity index (χ2n) is 6.21. The van der Waals surface area contributed by atoms with Crippen molar-refractivity contribution < 1.29 is 14.3 Å². The van der Waals surface area contributed by atoms with Crippen molar-refractivity contribution in [2.45, 2.75) is 19.4 Å². The van der Waals surface area contributed by atoms with Gasteiger partial charge >= 0.3 is 0 Å². The Morgan fingerprint density at radius 2 is 2.23 bits per heavy atom. The van der Waals surface area contributed by atoms with Gasteiger partial charge in [0.25, 0.3) is 5.91 Å². The van der Waals surface area contributed by atoms with Gasteiger partial charge in [-0.25, -0.2) is 9.97 Å². The zero-order chi connectivity index (χ0) is 18.5. The van der Waals surface area contributed by atoms with Gasteiger partial charge in [0.1, 0.15) is 12.3 Å². The molecule has 1 fully saturated rings. The first kappa shape index (κ1) is 18.1. The molecule has 1 unspecified atom stereocenters. The van der Waals surface area contributed by atoms with Gasteiger partial charge in [0, 0.05) is 39.1 Å². The fourth-order valence-corrected chi connectivity index (χ4v) is 2.99. The summed E-state index contributed by atoms with van der Waals surface area (Å²) in [5, 5.41) is 0. The summed E-state index contributed by atoms with van der Waals surface area (Å²) in [5.74, 6) is -0.177. The molecular weight excluding hydrogens is 334 g/mol. The number of carbonyl (C=O) groups is 2. The van der Waals surface area contributed by atoms with Crippen LogP contribution in [0, 0.1) is 0 Å². The first-order valence-electron chi connectivity index (χ1n) is 8.67. The van der Waals surface area contributed by atoms with Crippen LogP contribution in [0.1, 0.15) is 23.8 Å². The number of imidazole rings is 1. The van der Waals surface area contributed by atoms with E-state index >= 15 is 0 Å². The summed E-state index contributed by atoms with van der Waals surface area (Å²) in [6.45, 7) is 3.64. The molecule has 0 radical (unpaired) electrons. The van der Waals surface area contributed by atoms with E-state index in [0.29, 0.717) is 25.4 Å². The molecule has 2 aromatic rings. The molecule has 8 nitrogen and oxygen atoms in total. The molecule has 1 saturated heterocycles. The van der Waals surface area contributed by atoms with Crippen LogP contribution in [0.4, 0.5) is 0 Å². The smallest absolute Gasteiger partial charge is 0.272 e. The van der Waals surface area contributed by atoms with Crippen molar-refractivity contribution in [3.05, 3.63) is 42.7 Å². The van der Waals surface area contributed by atoms with Gasteiger partial charge < -0.3 is 19.1 Å². The van der Waals surface area contributed by atoms with Crippen LogP contribution in [-0.2, 0) is 9.53 Å². The molecule has 2 amide bonds. The molecule has 0 spiro atoms. The molecule has 1 aliphatic rings. The largest absolute Gasteiger partial charge is 0.372 e. The van der Waals surface area contributed by atoms with Crippen LogP contribution in [0.3, 0.4) is 0 Å². The van der Waals surface area contributed by atoms with Crippen LogP contribution in [0.2, 0.25) is 0 Å². The van der Waals surface area contributed by atoms with Crippen molar-refractivity contribution in [1.82, 2.24) is 24.3 Å². The van der Waals surface area contributed by atoms with Gasteiger partial charge in [-0.15, -0.1) is 0 Å². The Morgan fingerprint density at radius 1 is 1.38 bits per heavy atom. The number of pyridine rings is 1. The van der Waals surface area contributed by atoms with Crippen molar-refractivity contribution in [1.29, 1.82) is 0 Å². The van der Waals surface area contributed by atoms with E-state index < -0.39 is 0 Å². The lowest BCUT2D eigenvalue weighted by atomic mass is 10.2. The summed E-state index contributed by atoms with van der Waals surface area (Å²) >= 11 is 0. The molecule has 0 aliphatic carbocycles. The maximum atomic E-state index is 12.7. The molecule has 0 saturated carbocycles. The second-order valence-corrected chi connectivity index (χ2v) is 6.21. The van der Waals surface area contributed by atoms with Crippen molar-refractivity contribution in [2.75, 3.05) is 33.4 Å². The normalized spacial score (nSPS) is 16.7. The highest BCUT2D eigenvalue weighted by Crippen LogP contribution is 2.17.